The van der Waals surface area contributed by atoms with E-state index in [1.165, 1.54) is 6.20 Å². The first-order valence-electron chi connectivity index (χ1n) is 15.8. The van der Waals surface area contributed by atoms with Crippen LogP contribution >= 0.6 is 0 Å². The number of ketones is 1. The summed E-state index contributed by atoms with van der Waals surface area (Å²) in [6.07, 6.45) is 5.98. The molecule has 4 rings (SSSR count). The Morgan fingerprint density at radius 3 is 2.67 bits per heavy atom. The van der Waals surface area contributed by atoms with E-state index in [0.717, 1.165) is 36.8 Å². The van der Waals surface area contributed by atoms with Crippen molar-refractivity contribution in [2.75, 3.05) is 31.1 Å². The topological polar surface area (TPSA) is 168 Å². The van der Waals surface area contributed by atoms with Crippen LogP contribution in [0.1, 0.15) is 97.3 Å². The maximum absolute atomic E-state index is 12.5. The lowest BCUT2D eigenvalue weighted by molar-refractivity contribution is -0.108. The number of nitriles is 1. The van der Waals surface area contributed by atoms with Gasteiger partial charge in [0.05, 0.1) is 30.2 Å². The number of carbonyl (C=O) groups is 2. The number of hydrogen-bond acceptors (Lipinski definition) is 9. The molecule has 5 N–H and O–H groups in total. The van der Waals surface area contributed by atoms with Crippen molar-refractivity contribution in [1.29, 1.82) is 5.26 Å². The van der Waals surface area contributed by atoms with Crippen LogP contribution in [0.25, 0.3) is 5.57 Å². The Bertz CT molecular complexity index is 1530. The number of hydrogen-bond donors (Lipinski definition) is 3. The third-order valence-electron chi connectivity index (χ3n) is 9.11. The second-order valence-corrected chi connectivity index (χ2v) is 12.7. The molecule has 10 nitrogen and oxygen atoms in total. The first-order valence-corrected chi connectivity index (χ1v) is 15.8. The first-order chi connectivity index (χ1) is 21.5. The van der Waals surface area contributed by atoms with Gasteiger partial charge in [-0.25, -0.2) is 9.78 Å². The van der Waals surface area contributed by atoms with Crippen molar-refractivity contribution in [2.45, 2.75) is 78.4 Å². The van der Waals surface area contributed by atoms with Gasteiger partial charge in [0.15, 0.2) is 11.5 Å². The molecular weight excluding hydrogens is 568 g/mol. The lowest BCUT2D eigenvalue weighted by Gasteiger charge is -2.47. The van der Waals surface area contributed by atoms with Crippen molar-refractivity contribution in [3.8, 4) is 6.07 Å². The molecule has 2 aliphatic rings. The van der Waals surface area contributed by atoms with Crippen molar-refractivity contribution in [2.24, 2.45) is 27.8 Å². The molecule has 2 heterocycles. The molecule has 240 valence electrons. The average Bonchev–Trinajstić information content (AvgIpc) is 3.02. The summed E-state index contributed by atoms with van der Waals surface area (Å²) < 4.78 is 6.32. The van der Waals surface area contributed by atoms with Crippen LogP contribution in [0.2, 0.25) is 0 Å². The molecule has 2 aromatic rings. The molecule has 1 saturated carbocycles. The fraction of sp³-hybridized carbons (Fsp3) is 0.514. The molecule has 0 amide bonds. The molecule has 0 bridgehead atoms. The number of allylic oxidation sites excluding steroid dienone is 1. The predicted molar refractivity (Wildman–Crippen MR) is 176 cm³/mol. The number of pyridine rings is 1. The Balaban J connectivity index is 1.62. The molecule has 1 aromatic carbocycles. The fourth-order valence-electron chi connectivity index (χ4n) is 7.35. The number of fused-ring (bicyclic) bond motifs is 1. The normalized spacial score (nSPS) is 23.7. The SMILES string of the molecule is CCCC1(OCCN)CC(C)CC(C#N)(CN=C(C)C(=CN)c2ccc(N3CCc4cccc(C(C)=O)c4C3)nc2C(=O)O)C1. The van der Waals surface area contributed by atoms with E-state index in [4.69, 9.17) is 21.2 Å². The third-order valence-corrected chi connectivity index (χ3v) is 9.11. The fourth-order valence-corrected chi connectivity index (χ4v) is 7.35. The largest absolute Gasteiger partial charge is 0.476 e. The second-order valence-electron chi connectivity index (χ2n) is 12.7. The Labute approximate surface area is 266 Å². The minimum absolute atomic E-state index is 0.00396. The molecule has 1 aromatic heterocycles. The number of rotatable bonds is 12. The number of aromatic nitrogens is 1. The standard InChI is InChI=1S/C35H46N6O4/c1-5-12-35(45-15-13-36)17-23(2)16-34(20-35,21-38)22-39-24(3)29(18-37)28-9-10-31(40-32(28)33(43)44)41-14-11-26-7-6-8-27(25(4)42)30(26)19-41/h6-10,18,23H,5,11-17,19-20,22,36-37H2,1-4H3,(H,43,44). The van der Waals surface area contributed by atoms with Crippen LogP contribution in [0.15, 0.2) is 41.5 Å². The van der Waals surface area contributed by atoms with Crippen LogP contribution in [-0.4, -0.2) is 59.4 Å². The molecule has 3 unspecified atom stereocenters. The number of anilines is 1. The number of ether oxygens (including phenoxy) is 1. The van der Waals surface area contributed by atoms with Crippen LogP contribution in [0.3, 0.4) is 0 Å². The summed E-state index contributed by atoms with van der Waals surface area (Å²) in [7, 11) is 0. The zero-order chi connectivity index (χ0) is 32.8. The zero-order valence-electron chi connectivity index (χ0n) is 26.9. The van der Waals surface area contributed by atoms with Gasteiger partial charge in [0.2, 0.25) is 0 Å². The Hall–Kier alpha value is -4.07. The summed E-state index contributed by atoms with van der Waals surface area (Å²) in [5.41, 5.74) is 14.6. The zero-order valence-corrected chi connectivity index (χ0v) is 26.9. The Morgan fingerprint density at radius 1 is 1.24 bits per heavy atom. The molecule has 0 spiro atoms. The lowest BCUT2D eigenvalue weighted by Crippen LogP contribution is -2.47. The number of nitrogens with two attached hydrogens (primary N) is 2. The van der Waals surface area contributed by atoms with Gasteiger partial charge in [0.1, 0.15) is 5.82 Å². The van der Waals surface area contributed by atoms with E-state index in [1.54, 1.807) is 26.0 Å². The first kappa shape index (κ1) is 33.8. The molecule has 45 heavy (non-hydrogen) atoms. The summed E-state index contributed by atoms with van der Waals surface area (Å²) in [4.78, 5) is 36.2. The highest BCUT2D eigenvalue weighted by Gasteiger charge is 2.48. The molecule has 0 radical (unpaired) electrons. The summed E-state index contributed by atoms with van der Waals surface area (Å²) in [6, 6.07) is 11.8. The van der Waals surface area contributed by atoms with E-state index in [-0.39, 0.29) is 23.9 Å². The number of carboxylic acid groups (broad SMARTS) is 1. The van der Waals surface area contributed by atoms with Crippen LogP contribution < -0.4 is 16.4 Å². The third kappa shape index (κ3) is 7.43. The molecule has 1 aliphatic carbocycles. The molecule has 3 atom stereocenters. The van der Waals surface area contributed by atoms with Gasteiger partial charge in [-0.15, -0.1) is 0 Å². The molecule has 10 heteroatoms. The molecule has 1 aliphatic heterocycles. The molecule has 1 fully saturated rings. The minimum atomic E-state index is -1.18. The number of carbonyl (C=O) groups excluding carboxylic acids is 1. The van der Waals surface area contributed by atoms with Crippen molar-refractivity contribution in [3.05, 3.63) is 64.5 Å². The van der Waals surface area contributed by atoms with Crippen molar-refractivity contribution in [1.82, 2.24) is 4.98 Å². The Kier molecular flexibility index (Phi) is 10.8. The minimum Gasteiger partial charge on any atom is -0.476 e. The predicted octanol–water partition coefficient (Wildman–Crippen LogP) is 5.15. The molecular formula is C35H46N6O4. The van der Waals surface area contributed by atoms with Crippen LogP contribution in [0.4, 0.5) is 5.82 Å². The summed E-state index contributed by atoms with van der Waals surface area (Å²) in [6.45, 7) is 9.82. The van der Waals surface area contributed by atoms with Crippen LogP contribution in [0, 0.1) is 22.7 Å². The van der Waals surface area contributed by atoms with E-state index in [0.29, 0.717) is 67.3 Å². The van der Waals surface area contributed by atoms with Crippen LogP contribution in [-0.2, 0) is 17.7 Å². The van der Waals surface area contributed by atoms with Gasteiger partial charge in [-0.05, 0) is 75.1 Å². The summed E-state index contributed by atoms with van der Waals surface area (Å²) in [5.74, 6) is -0.408. The van der Waals surface area contributed by atoms with Gasteiger partial charge in [-0.1, -0.05) is 38.5 Å². The number of aromatic carboxylic acids is 1. The summed E-state index contributed by atoms with van der Waals surface area (Å²) in [5, 5.41) is 20.7. The van der Waals surface area contributed by atoms with E-state index < -0.39 is 17.0 Å². The van der Waals surface area contributed by atoms with Gasteiger partial charge in [0, 0.05) is 48.2 Å². The number of carboxylic acids is 1. The number of benzene rings is 1. The van der Waals surface area contributed by atoms with Crippen molar-refractivity contribution < 1.29 is 19.4 Å². The van der Waals surface area contributed by atoms with Crippen molar-refractivity contribution >= 4 is 28.9 Å². The van der Waals surface area contributed by atoms with Gasteiger partial charge in [-0.3, -0.25) is 9.79 Å². The Morgan fingerprint density at radius 2 is 2.02 bits per heavy atom. The van der Waals surface area contributed by atoms with Crippen LogP contribution in [0.5, 0.6) is 0 Å². The molecule has 0 saturated heterocycles. The van der Waals surface area contributed by atoms with E-state index in [2.05, 4.69) is 24.9 Å². The lowest BCUT2D eigenvalue weighted by atomic mass is 9.63. The van der Waals surface area contributed by atoms with Gasteiger partial charge >= 0.3 is 5.97 Å². The second kappa shape index (κ2) is 14.4. The average molecular weight is 615 g/mol. The maximum atomic E-state index is 12.5. The van der Waals surface area contributed by atoms with E-state index >= 15 is 0 Å². The van der Waals surface area contributed by atoms with E-state index in [9.17, 15) is 20.0 Å². The maximum Gasteiger partial charge on any atom is 0.355 e. The van der Waals surface area contributed by atoms with Crippen molar-refractivity contribution in [3.63, 3.8) is 0 Å². The quantitative estimate of drug-likeness (QED) is 0.216. The number of Topliss-reactive ketones (excluding diaryl/α,β-unsaturated/α-hetero) is 1. The number of aliphatic imine (C=N–C) groups is 1. The van der Waals surface area contributed by atoms with Gasteiger partial charge < -0.3 is 26.2 Å². The monoisotopic (exact) mass is 614 g/mol. The van der Waals surface area contributed by atoms with Gasteiger partial charge in [-0.2, -0.15) is 5.26 Å². The number of nitrogens with zero attached hydrogens (tertiary/aromatic N) is 4. The smallest absolute Gasteiger partial charge is 0.355 e. The summed E-state index contributed by atoms with van der Waals surface area (Å²) >= 11 is 0. The highest BCUT2D eigenvalue weighted by atomic mass is 16.5. The van der Waals surface area contributed by atoms with E-state index in [1.807, 2.05) is 23.1 Å². The highest BCUT2D eigenvalue weighted by Crippen LogP contribution is 2.48. The van der Waals surface area contributed by atoms with Gasteiger partial charge in [0.25, 0.3) is 0 Å². The highest BCUT2D eigenvalue weighted by molar-refractivity contribution is 6.24.